The second-order valence-corrected chi connectivity index (χ2v) is 2.06. The van der Waals surface area contributed by atoms with E-state index in [1.807, 2.05) is 0 Å². The smallest absolute Gasteiger partial charge is 0.394 e. The van der Waals surface area contributed by atoms with Crippen molar-refractivity contribution in [2.24, 2.45) is 0 Å². The van der Waals surface area contributed by atoms with Crippen molar-refractivity contribution in [2.45, 2.75) is 32.5 Å². The number of carbonyl (C=O) groups is 1. The molecule has 3 heteroatoms. The molecular weight excluding hydrogens is 120 g/mol. The van der Waals surface area contributed by atoms with E-state index in [0.717, 1.165) is 19.3 Å². The van der Waals surface area contributed by atoms with Gasteiger partial charge in [-0.1, -0.05) is 13.3 Å². The maximum absolute atomic E-state index is 10.0. The first kappa shape index (κ1) is 6.39. The highest BCUT2D eigenvalue weighted by Gasteiger charge is 2.28. The van der Waals surface area contributed by atoms with E-state index in [1.165, 1.54) is 0 Å². The van der Waals surface area contributed by atoms with E-state index in [2.05, 4.69) is 16.4 Å². The Morgan fingerprint density at radius 3 is 2.67 bits per heavy atom. The van der Waals surface area contributed by atoms with Gasteiger partial charge in [0.15, 0.2) is 0 Å². The van der Waals surface area contributed by atoms with Crippen LogP contribution < -0.4 is 0 Å². The minimum atomic E-state index is -0.531. The summed E-state index contributed by atoms with van der Waals surface area (Å²) in [6.45, 7) is 2.08. The van der Waals surface area contributed by atoms with Crippen molar-refractivity contribution >= 4 is 6.16 Å². The number of cyclic esters (lactones) is 2. The summed E-state index contributed by atoms with van der Waals surface area (Å²) >= 11 is 0. The second-order valence-electron chi connectivity index (χ2n) is 2.06. The van der Waals surface area contributed by atoms with E-state index in [0.29, 0.717) is 0 Å². The van der Waals surface area contributed by atoms with Gasteiger partial charge in [-0.2, -0.15) is 0 Å². The molecule has 0 spiro atoms. The number of ether oxygens (including phenoxy) is 2. The van der Waals surface area contributed by atoms with Gasteiger partial charge < -0.3 is 9.47 Å². The van der Waals surface area contributed by atoms with Crippen LogP contribution in [0.1, 0.15) is 26.2 Å². The highest BCUT2D eigenvalue weighted by atomic mass is 16.9. The van der Waals surface area contributed by atoms with Gasteiger partial charge in [0, 0.05) is 6.42 Å². The van der Waals surface area contributed by atoms with Crippen LogP contribution in [-0.2, 0) is 9.47 Å². The van der Waals surface area contributed by atoms with Crippen molar-refractivity contribution in [1.29, 1.82) is 0 Å². The number of hydrogen-bond acceptors (Lipinski definition) is 3. The Morgan fingerprint density at radius 2 is 2.22 bits per heavy atom. The quantitative estimate of drug-likeness (QED) is 0.545. The fourth-order valence-corrected chi connectivity index (χ4v) is 0.712. The van der Waals surface area contributed by atoms with Gasteiger partial charge in [0.2, 0.25) is 0 Å². The van der Waals surface area contributed by atoms with Crippen molar-refractivity contribution in [1.82, 2.24) is 0 Å². The third-order valence-electron chi connectivity index (χ3n) is 1.25. The third kappa shape index (κ3) is 1.59. The highest BCUT2D eigenvalue weighted by molar-refractivity contribution is 5.63. The molecule has 1 aliphatic rings. The van der Waals surface area contributed by atoms with Gasteiger partial charge in [-0.05, 0) is 6.42 Å². The topological polar surface area (TPSA) is 35.5 Å². The average Bonchev–Trinajstić information content (AvgIpc) is 1.78. The summed E-state index contributed by atoms with van der Waals surface area (Å²) in [7, 11) is 0. The SMILES string of the molecule is CCCCC1OC(=O)O1. The van der Waals surface area contributed by atoms with Crippen LogP contribution in [0.3, 0.4) is 0 Å². The van der Waals surface area contributed by atoms with Crippen molar-refractivity contribution in [3.05, 3.63) is 0 Å². The van der Waals surface area contributed by atoms with E-state index in [1.54, 1.807) is 0 Å². The van der Waals surface area contributed by atoms with Crippen LogP contribution in [0.5, 0.6) is 0 Å². The highest BCUT2D eigenvalue weighted by Crippen LogP contribution is 2.16. The lowest BCUT2D eigenvalue weighted by Crippen LogP contribution is -2.34. The maximum Gasteiger partial charge on any atom is 0.514 e. The average molecular weight is 130 g/mol. The van der Waals surface area contributed by atoms with E-state index >= 15 is 0 Å². The minimum absolute atomic E-state index is 0.238. The van der Waals surface area contributed by atoms with Gasteiger partial charge in [-0.15, -0.1) is 0 Å². The molecule has 1 fully saturated rings. The molecule has 0 aromatic rings. The molecule has 0 aliphatic carbocycles. The van der Waals surface area contributed by atoms with Crippen LogP contribution in [0.4, 0.5) is 4.79 Å². The first-order chi connectivity index (χ1) is 4.33. The van der Waals surface area contributed by atoms with Crippen LogP contribution in [0.15, 0.2) is 0 Å². The van der Waals surface area contributed by atoms with Gasteiger partial charge in [-0.3, -0.25) is 0 Å². The zero-order chi connectivity index (χ0) is 6.69. The molecule has 9 heavy (non-hydrogen) atoms. The molecule has 0 N–H and O–H groups in total. The van der Waals surface area contributed by atoms with Crippen LogP contribution in [-0.4, -0.2) is 12.4 Å². The van der Waals surface area contributed by atoms with Crippen LogP contribution in [0.25, 0.3) is 0 Å². The second kappa shape index (κ2) is 2.71. The normalized spacial score (nSPS) is 18.1. The Morgan fingerprint density at radius 1 is 1.56 bits per heavy atom. The molecule has 0 aromatic carbocycles. The van der Waals surface area contributed by atoms with E-state index in [-0.39, 0.29) is 6.29 Å². The van der Waals surface area contributed by atoms with Crippen molar-refractivity contribution in [2.75, 3.05) is 0 Å². The first-order valence-corrected chi connectivity index (χ1v) is 3.20. The van der Waals surface area contributed by atoms with Gasteiger partial charge in [0.1, 0.15) is 0 Å². The molecule has 0 radical (unpaired) electrons. The molecule has 0 amide bonds. The summed E-state index contributed by atoms with van der Waals surface area (Å²) in [4.78, 5) is 10.0. The summed E-state index contributed by atoms with van der Waals surface area (Å²) in [6.07, 6.45) is 2.23. The summed E-state index contributed by atoms with van der Waals surface area (Å²) in [5.41, 5.74) is 0. The summed E-state index contributed by atoms with van der Waals surface area (Å²) in [5.74, 6) is 0. The Kier molecular flexibility index (Phi) is 1.92. The Labute approximate surface area is 53.9 Å². The third-order valence-corrected chi connectivity index (χ3v) is 1.25. The molecular formula is C6H10O3. The number of hydrogen-bond donors (Lipinski definition) is 0. The summed E-state index contributed by atoms with van der Waals surface area (Å²) < 4.78 is 9.16. The molecule has 0 atom stereocenters. The van der Waals surface area contributed by atoms with Gasteiger partial charge >= 0.3 is 6.16 Å². The van der Waals surface area contributed by atoms with Crippen molar-refractivity contribution < 1.29 is 14.3 Å². The molecule has 1 rings (SSSR count). The lowest BCUT2D eigenvalue weighted by molar-refractivity contribution is -0.185. The van der Waals surface area contributed by atoms with E-state index in [9.17, 15) is 4.79 Å². The van der Waals surface area contributed by atoms with Gasteiger partial charge in [0.25, 0.3) is 6.29 Å². The van der Waals surface area contributed by atoms with Gasteiger partial charge in [-0.25, -0.2) is 4.79 Å². The minimum Gasteiger partial charge on any atom is -0.394 e. The molecule has 1 saturated heterocycles. The van der Waals surface area contributed by atoms with Crippen molar-refractivity contribution in [3.8, 4) is 0 Å². The molecule has 1 aliphatic heterocycles. The van der Waals surface area contributed by atoms with Crippen molar-refractivity contribution in [3.63, 3.8) is 0 Å². The lowest BCUT2D eigenvalue weighted by atomic mass is 10.2. The fourth-order valence-electron chi connectivity index (χ4n) is 0.712. The molecule has 0 bridgehead atoms. The Balaban J connectivity index is 1.97. The Bertz CT molecular complexity index is 103. The zero-order valence-corrected chi connectivity index (χ0v) is 5.42. The summed E-state index contributed by atoms with van der Waals surface area (Å²) in [5, 5.41) is 0. The monoisotopic (exact) mass is 130 g/mol. The molecule has 0 unspecified atom stereocenters. The first-order valence-electron chi connectivity index (χ1n) is 3.20. The number of unbranched alkanes of at least 4 members (excludes halogenated alkanes) is 1. The maximum atomic E-state index is 10.0. The summed E-state index contributed by atoms with van der Waals surface area (Å²) in [6, 6.07) is 0. The van der Waals surface area contributed by atoms with E-state index < -0.39 is 6.16 Å². The van der Waals surface area contributed by atoms with Crippen LogP contribution >= 0.6 is 0 Å². The Hall–Kier alpha value is -0.730. The molecule has 0 saturated carbocycles. The largest absolute Gasteiger partial charge is 0.514 e. The zero-order valence-electron chi connectivity index (χ0n) is 5.42. The van der Waals surface area contributed by atoms with Crippen LogP contribution in [0, 0.1) is 0 Å². The number of carbonyl (C=O) groups excluding carboxylic acids is 1. The lowest BCUT2D eigenvalue weighted by Gasteiger charge is -2.24. The van der Waals surface area contributed by atoms with Crippen LogP contribution in [0.2, 0.25) is 0 Å². The van der Waals surface area contributed by atoms with E-state index in [4.69, 9.17) is 0 Å². The fraction of sp³-hybridized carbons (Fsp3) is 0.833. The predicted octanol–water partition coefficient (Wildman–Crippen LogP) is 1.67. The van der Waals surface area contributed by atoms with Gasteiger partial charge in [0.05, 0.1) is 0 Å². The molecule has 3 nitrogen and oxygen atoms in total. The molecule has 52 valence electrons. The number of rotatable bonds is 3. The standard InChI is InChI=1S/C6H10O3/c1-2-3-4-5-8-6(7)9-5/h5H,2-4H2,1H3. The predicted molar refractivity (Wildman–Crippen MR) is 30.9 cm³/mol. The molecule has 0 aromatic heterocycles. The molecule has 1 heterocycles.